The number of carbonyl (C=O) groups is 1. The lowest BCUT2D eigenvalue weighted by atomic mass is 10.1. The summed E-state index contributed by atoms with van der Waals surface area (Å²) >= 11 is 0. The first-order valence-corrected chi connectivity index (χ1v) is 5.27. The van der Waals surface area contributed by atoms with Crippen molar-refractivity contribution in [2.45, 2.75) is 25.2 Å². The molecule has 0 saturated carbocycles. The third-order valence-corrected chi connectivity index (χ3v) is 2.47. The first-order valence-electron chi connectivity index (χ1n) is 5.27. The Morgan fingerprint density at radius 1 is 1.53 bits per heavy atom. The Balaban J connectivity index is 2.31. The summed E-state index contributed by atoms with van der Waals surface area (Å²) < 4.78 is 48.7. The number of amides is 1. The van der Waals surface area contributed by atoms with Crippen LogP contribution in [0.15, 0.2) is 11.6 Å². The van der Waals surface area contributed by atoms with Crippen LogP contribution >= 0.6 is 0 Å². The van der Waals surface area contributed by atoms with E-state index in [9.17, 15) is 22.4 Å². The molecule has 0 atom stereocenters. The van der Waals surface area contributed by atoms with Crippen LogP contribution < -0.4 is 10.6 Å². The Kier molecular flexibility index (Phi) is 4.92. The number of alkyl halides is 4. The molecule has 2 N–H and O–H groups in total. The fourth-order valence-electron chi connectivity index (χ4n) is 1.45. The molecule has 1 aliphatic rings. The van der Waals surface area contributed by atoms with Crippen molar-refractivity contribution in [2.24, 2.45) is 0 Å². The van der Waals surface area contributed by atoms with Crippen molar-refractivity contribution in [3.05, 3.63) is 11.6 Å². The van der Waals surface area contributed by atoms with Gasteiger partial charge in [0, 0.05) is 13.1 Å². The average Bonchev–Trinajstić information content (AvgIpc) is 2.30. The Bertz CT molecular complexity index is 305. The Morgan fingerprint density at radius 2 is 2.24 bits per heavy atom. The maximum atomic E-state index is 12.5. The van der Waals surface area contributed by atoms with E-state index in [0.717, 1.165) is 18.5 Å². The molecule has 0 aromatic carbocycles. The van der Waals surface area contributed by atoms with E-state index in [1.54, 1.807) is 0 Å². The molecule has 1 rings (SSSR count). The molecule has 98 valence electrons. The van der Waals surface area contributed by atoms with Gasteiger partial charge in [-0.3, -0.25) is 4.79 Å². The minimum absolute atomic E-state index is 0.0486. The number of rotatable bonds is 5. The smallest absolute Gasteiger partial charge is 0.350 e. The molecule has 0 aromatic heterocycles. The largest absolute Gasteiger partial charge is 0.383 e. The fourth-order valence-corrected chi connectivity index (χ4v) is 1.45. The van der Waals surface area contributed by atoms with E-state index >= 15 is 0 Å². The normalized spacial score (nSPS) is 16.9. The molecule has 0 saturated heterocycles. The molecular formula is C10H14F4N2O. The molecule has 0 spiro atoms. The molecule has 1 amide bonds. The van der Waals surface area contributed by atoms with Crippen molar-refractivity contribution in [1.29, 1.82) is 0 Å². The summed E-state index contributed by atoms with van der Waals surface area (Å²) in [6, 6.07) is 0. The van der Waals surface area contributed by atoms with E-state index in [1.807, 2.05) is 11.4 Å². The van der Waals surface area contributed by atoms with Crippen molar-refractivity contribution in [3.8, 4) is 0 Å². The van der Waals surface area contributed by atoms with E-state index in [1.165, 1.54) is 0 Å². The number of halogens is 4. The lowest BCUT2D eigenvalue weighted by molar-refractivity contribution is -0.169. The van der Waals surface area contributed by atoms with Crippen molar-refractivity contribution < 1.29 is 22.4 Å². The molecule has 0 aromatic rings. The first kappa shape index (κ1) is 14.0. The highest BCUT2D eigenvalue weighted by atomic mass is 19.3. The molecule has 7 heteroatoms. The standard InChI is InChI=1S/C10H14F4N2O/c11-8(12)10(13,14)9(17)16-6-3-7-1-4-15-5-2-7/h1,8,15H,2-6H2,(H,16,17). The molecule has 0 unspecified atom stereocenters. The topological polar surface area (TPSA) is 41.1 Å². The molecule has 0 bridgehead atoms. The summed E-state index contributed by atoms with van der Waals surface area (Å²) in [7, 11) is 0. The van der Waals surface area contributed by atoms with Gasteiger partial charge in [-0.05, 0) is 19.4 Å². The Labute approximate surface area is 96.3 Å². The van der Waals surface area contributed by atoms with Crippen LogP contribution in [0.3, 0.4) is 0 Å². The second-order valence-corrected chi connectivity index (χ2v) is 3.75. The number of hydrogen-bond donors (Lipinski definition) is 2. The molecule has 3 nitrogen and oxygen atoms in total. The van der Waals surface area contributed by atoms with Crippen LogP contribution in [0.1, 0.15) is 12.8 Å². The highest BCUT2D eigenvalue weighted by Gasteiger charge is 2.48. The first-order chi connectivity index (χ1) is 7.94. The fraction of sp³-hybridized carbons (Fsp3) is 0.700. The van der Waals surface area contributed by atoms with Crippen LogP contribution in [0.5, 0.6) is 0 Å². The van der Waals surface area contributed by atoms with E-state index < -0.39 is 18.3 Å². The highest BCUT2D eigenvalue weighted by molar-refractivity contribution is 5.83. The van der Waals surface area contributed by atoms with E-state index in [4.69, 9.17) is 0 Å². The van der Waals surface area contributed by atoms with Gasteiger partial charge in [-0.15, -0.1) is 0 Å². The molecule has 0 aliphatic carbocycles. The van der Waals surface area contributed by atoms with Crippen LogP contribution in [0.4, 0.5) is 17.6 Å². The Morgan fingerprint density at radius 3 is 2.76 bits per heavy atom. The summed E-state index contributed by atoms with van der Waals surface area (Å²) in [6.07, 6.45) is -0.880. The van der Waals surface area contributed by atoms with Crippen molar-refractivity contribution in [1.82, 2.24) is 10.6 Å². The van der Waals surface area contributed by atoms with Crippen LogP contribution in [0, 0.1) is 0 Å². The van der Waals surface area contributed by atoms with Crippen molar-refractivity contribution in [3.63, 3.8) is 0 Å². The predicted molar refractivity (Wildman–Crippen MR) is 54.1 cm³/mol. The number of carbonyl (C=O) groups excluding carboxylic acids is 1. The van der Waals surface area contributed by atoms with Crippen LogP contribution in [0.2, 0.25) is 0 Å². The average molecular weight is 254 g/mol. The predicted octanol–water partition coefficient (Wildman–Crippen LogP) is 1.31. The molecule has 17 heavy (non-hydrogen) atoms. The van der Waals surface area contributed by atoms with E-state index in [0.29, 0.717) is 13.0 Å². The summed E-state index contributed by atoms with van der Waals surface area (Å²) in [4.78, 5) is 10.8. The quantitative estimate of drug-likeness (QED) is 0.574. The van der Waals surface area contributed by atoms with Crippen molar-refractivity contribution in [2.75, 3.05) is 19.6 Å². The summed E-state index contributed by atoms with van der Waals surface area (Å²) in [6.45, 7) is 1.45. The number of nitrogens with one attached hydrogen (secondary N) is 2. The second kappa shape index (κ2) is 6.00. The summed E-state index contributed by atoms with van der Waals surface area (Å²) in [5.74, 6) is -6.52. The zero-order chi connectivity index (χ0) is 12.9. The van der Waals surface area contributed by atoms with Gasteiger partial charge in [0.25, 0.3) is 5.91 Å². The minimum Gasteiger partial charge on any atom is -0.350 e. The highest BCUT2D eigenvalue weighted by Crippen LogP contribution is 2.22. The summed E-state index contributed by atoms with van der Waals surface area (Å²) in [5.41, 5.74) is 1.03. The van der Waals surface area contributed by atoms with Crippen LogP contribution in [-0.2, 0) is 4.79 Å². The van der Waals surface area contributed by atoms with E-state index in [-0.39, 0.29) is 6.54 Å². The maximum absolute atomic E-state index is 12.5. The zero-order valence-corrected chi connectivity index (χ0v) is 9.11. The Hall–Kier alpha value is -1.11. The lowest BCUT2D eigenvalue weighted by Gasteiger charge is -2.17. The van der Waals surface area contributed by atoms with Gasteiger partial charge in [-0.25, -0.2) is 8.78 Å². The van der Waals surface area contributed by atoms with Gasteiger partial charge in [-0.1, -0.05) is 11.6 Å². The van der Waals surface area contributed by atoms with Gasteiger partial charge in [0.2, 0.25) is 0 Å². The van der Waals surface area contributed by atoms with Crippen LogP contribution in [0.25, 0.3) is 0 Å². The molecule has 1 aliphatic heterocycles. The van der Waals surface area contributed by atoms with Gasteiger partial charge >= 0.3 is 12.3 Å². The molecular weight excluding hydrogens is 240 g/mol. The number of hydrogen-bond acceptors (Lipinski definition) is 2. The molecule has 0 fully saturated rings. The lowest BCUT2D eigenvalue weighted by Crippen LogP contribution is -2.45. The zero-order valence-electron chi connectivity index (χ0n) is 9.11. The molecule has 0 radical (unpaired) electrons. The maximum Gasteiger partial charge on any atom is 0.383 e. The van der Waals surface area contributed by atoms with Gasteiger partial charge in [0.1, 0.15) is 0 Å². The van der Waals surface area contributed by atoms with Gasteiger partial charge in [-0.2, -0.15) is 8.78 Å². The van der Waals surface area contributed by atoms with Gasteiger partial charge < -0.3 is 10.6 Å². The van der Waals surface area contributed by atoms with Crippen molar-refractivity contribution >= 4 is 5.91 Å². The molecule has 1 heterocycles. The minimum atomic E-state index is -4.61. The van der Waals surface area contributed by atoms with Crippen LogP contribution in [-0.4, -0.2) is 37.9 Å². The SMILES string of the molecule is O=C(NCCC1=CCNCC1)C(F)(F)C(F)F. The third-order valence-electron chi connectivity index (χ3n) is 2.47. The third kappa shape index (κ3) is 3.99. The van der Waals surface area contributed by atoms with E-state index in [2.05, 4.69) is 5.32 Å². The van der Waals surface area contributed by atoms with Gasteiger partial charge in [0.15, 0.2) is 0 Å². The van der Waals surface area contributed by atoms with Gasteiger partial charge in [0.05, 0.1) is 0 Å². The second-order valence-electron chi connectivity index (χ2n) is 3.75. The monoisotopic (exact) mass is 254 g/mol. The summed E-state index contributed by atoms with van der Waals surface area (Å²) in [5, 5.41) is 4.89.